The van der Waals surface area contributed by atoms with E-state index in [-0.39, 0.29) is 17.4 Å². The molecule has 1 aliphatic carbocycles. The van der Waals surface area contributed by atoms with Crippen molar-refractivity contribution in [1.29, 1.82) is 0 Å². The van der Waals surface area contributed by atoms with Crippen LogP contribution >= 0.6 is 0 Å². The van der Waals surface area contributed by atoms with Gasteiger partial charge in [0.05, 0.1) is 5.92 Å². The number of hydrogen-bond donors (Lipinski definition) is 1. The van der Waals surface area contributed by atoms with Gasteiger partial charge in [0.15, 0.2) is 0 Å². The van der Waals surface area contributed by atoms with E-state index in [1.165, 1.54) is 24.1 Å². The van der Waals surface area contributed by atoms with Crippen LogP contribution in [0.25, 0.3) is 0 Å². The highest BCUT2D eigenvalue weighted by Gasteiger charge is 2.39. The van der Waals surface area contributed by atoms with E-state index >= 15 is 0 Å². The van der Waals surface area contributed by atoms with Gasteiger partial charge in [0, 0.05) is 37.9 Å². The number of nitrogens with two attached hydrogens (primary N) is 1. The molecule has 1 aliphatic heterocycles. The van der Waals surface area contributed by atoms with Gasteiger partial charge in [-0.1, -0.05) is 31.0 Å². The zero-order valence-corrected chi connectivity index (χ0v) is 15.1. The monoisotopic (exact) mass is 329 g/mol. The predicted octanol–water partition coefficient (Wildman–Crippen LogP) is 3.15. The van der Waals surface area contributed by atoms with Crippen molar-refractivity contribution in [3.05, 3.63) is 29.8 Å². The molecule has 132 valence electrons. The molecule has 4 nitrogen and oxygen atoms in total. The van der Waals surface area contributed by atoms with Gasteiger partial charge in [0.1, 0.15) is 0 Å². The Morgan fingerprint density at radius 1 is 1.25 bits per heavy atom. The van der Waals surface area contributed by atoms with Crippen LogP contribution in [-0.4, -0.2) is 36.5 Å². The third-order valence-corrected chi connectivity index (χ3v) is 5.77. The van der Waals surface area contributed by atoms with E-state index in [1.807, 2.05) is 18.9 Å². The topological polar surface area (TPSA) is 49.6 Å². The van der Waals surface area contributed by atoms with E-state index in [4.69, 9.17) is 5.73 Å². The molecule has 3 rings (SSSR count). The van der Waals surface area contributed by atoms with Crippen LogP contribution < -0.4 is 10.6 Å². The Morgan fingerprint density at radius 3 is 2.67 bits per heavy atom. The second-order valence-corrected chi connectivity index (χ2v) is 7.82. The standard InChI is InChI=1S/C20H31N3O/c1-20(21)12-6-5-10-17(20)19(24)22(2)15-16-9-3-4-11-18(16)23-13-7-8-14-23/h3-4,9,11,17H,5-8,10,12-15,21H2,1-2H3. The third kappa shape index (κ3) is 3.59. The number of para-hydroxylation sites is 1. The summed E-state index contributed by atoms with van der Waals surface area (Å²) in [6.45, 7) is 4.95. The molecular weight excluding hydrogens is 298 g/mol. The van der Waals surface area contributed by atoms with Crippen LogP contribution in [0.5, 0.6) is 0 Å². The first-order chi connectivity index (χ1) is 11.5. The molecule has 1 aromatic rings. The van der Waals surface area contributed by atoms with Crippen molar-refractivity contribution < 1.29 is 4.79 Å². The molecule has 1 heterocycles. The maximum atomic E-state index is 13.0. The lowest BCUT2D eigenvalue weighted by molar-refractivity contribution is -0.138. The minimum atomic E-state index is -0.363. The average Bonchev–Trinajstić information content (AvgIpc) is 3.08. The van der Waals surface area contributed by atoms with E-state index < -0.39 is 0 Å². The molecule has 0 spiro atoms. The van der Waals surface area contributed by atoms with Crippen LogP contribution in [0.2, 0.25) is 0 Å². The summed E-state index contributed by atoms with van der Waals surface area (Å²) in [6.07, 6.45) is 6.64. The number of nitrogens with zero attached hydrogens (tertiary/aromatic N) is 2. The Balaban J connectivity index is 1.72. The fourth-order valence-corrected chi connectivity index (χ4v) is 4.27. The predicted molar refractivity (Wildman–Crippen MR) is 98.9 cm³/mol. The number of rotatable bonds is 4. The Hall–Kier alpha value is -1.55. The van der Waals surface area contributed by atoms with Crippen molar-refractivity contribution >= 4 is 11.6 Å². The summed E-state index contributed by atoms with van der Waals surface area (Å²) >= 11 is 0. The van der Waals surface area contributed by atoms with Gasteiger partial charge < -0.3 is 15.5 Å². The lowest BCUT2D eigenvalue weighted by Gasteiger charge is -2.39. The van der Waals surface area contributed by atoms with Crippen LogP contribution in [0.1, 0.15) is 51.0 Å². The molecule has 2 unspecified atom stereocenters. The smallest absolute Gasteiger partial charge is 0.227 e. The van der Waals surface area contributed by atoms with Crippen LogP contribution in [0.4, 0.5) is 5.69 Å². The van der Waals surface area contributed by atoms with Gasteiger partial charge in [-0.05, 0) is 44.2 Å². The molecule has 4 heteroatoms. The van der Waals surface area contributed by atoms with E-state index in [1.54, 1.807) is 0 Å². The van der Waals surface area contributed by atoms with Gasteiger partial charge in [-0.2, -0.15) is 0 Å². The quantitative estimate of drug-likeness (QED) is 0.923. The van der Waals surface area contributed by atoms with E-state index in [0.29, 0.717) is 6.54 Å². The van der Waals surface area contributed by atoms with Crippen LogP contribution in [-0.2, 0) is 11.3 Å². The van der Waals surface area contributed by atoms with Gasteiger partial charge in [-0.3, -0.25) is 4.79 Å². The summed E-state index contributed by atoms with van der Waals surface area (Å²) in [5.74, 6) is 0.158. The van der Waals surface area contributed by atoms with Crippen molar-refractivity contribution in [3.8, 4) is 0 Å². The average molecular weight is 329 g/mol. The highest BCUT2D eigenvalue weighted by molar-refractivity contribution is 5.80. The molecule has 24 heavy (non-hydrogen) atoms. The number of benzene rings is 1. The first-order valence-electron chi connectivity index (χ1n) is 9.36. The van der Waals surface area contributed by atoms with Crippen LogP contribution in [0.15, 0.2) is 24.3 Å². The number of amides is 1. The summed E-state index contributed by atoms with van der Waals surface area (Å²) in [6, 6.07) is 8.50. The maximum Gasteiger partial charge on any atom is 0.227 e. The first-order valence-corrected chi connectivity index (χ1v) is 9.36. The molecular formula is C20H31N3O. The van der Waals surface area contributed by atoms with Gasteiger partial charge in [0.25, 0.3) is 0 Å². The lowest BCUT2D eigenvalue weighted by Crippen LogP contribution is -2.53. The largest absolute Gasteiger partial charge is 0.371 e. The van der Waals surface area contributed by atoms with Crippen molar-refractivity contribution in [2.45, 2.75) is 57.5 Å². The summed E-state index contributed by atoms with van der Waals surface area (Å²) in [7, 11) is 1.92. The number of carbonyl (C=O) groups is 1. The molecule has 2 atom stereocenters. The Labute approximate surface area is 146 Å². The molecule has 2 aliphatic rings. The summed E-state index contributed by atoms with van der Waals surface area (Å²) in [5, 5.41) is 0. The second-order valence-electron chi connectivity index (χ2n) is 7.82. The summed E-state index contributed by atoms with van der Waals surface area (Å²) in [5.41, 5.74) is 8.59. The molecule has 2 N–H and O–H groups in total. The zero-order chi connectivity index (χ0) is 17.2. The van der Waals surface area contributed by atoms with Crippen molar-refractivity contribution in [2.24, 2.45) is 11.7 Å². The van der Waals surface area contributed by atoms with Crippen molar-refractivity contribution in [3.63, 3.8) is 0 Å². The van der Waals surface area contributed by atoms with Gasteiger partial charge >= 0.3 is 0 Å². The minimum absolute atomic E-state index is 0.0461. The maximum absolute atomic E-state index is 13.0. The second kappa shape index (κ2) is 7.14. The normalized spacial score (nSPS) is 27.3. The van der Waals surface area contributed by atoms with Gasteiger partial charge in [0.2, 0.25) is 5.91 Å². The lowest BCUT2D eigenvalue weighted by atomic mass is 9.74. The molecule has 1 saturated carbocycles. The van der Waals surface area contributed by atoms with Crippen molar-refractivity contribution in [2.75, 3.05) is 25.0 Å². The van der Waals surface area contributed by atoms with E-state index in [2.05, 4.69) is 29.2 Å². The zero-order valence-electron chi connectivity index (χ0n) is 15.1. The molecule has 0 aromatic heterocycles. The van der Waals surface area contributed by atoms with E-state index in [9.17, 15) is 4.79 Å². The first kappa shape index (κ1) is 17.3. The van der Waals surface area contributed by atoms with Crippen LogP contribution in [0, 0.1) is 5.92 Å². The summed E-state index contributed by atoms with van der Waals surface area (Å²) < 4.78 is 0. The Morgan fingerprint density at radius 2 is 1.96 bits per heavy atom. The molecule has 1 saturated heterocycles. The fourth-order valence-electron chi connectivity index (χ4n) is 4.27. The van der Waals surface area contributed by atoms with Crippen molar-refractivity contribution in [1.82, 2.24) is 4.90 Å². The molecule has 1 aromatic carbocycles. The minimum Gasteiger partial charge on any atom is -0.371 e. The highest BCUT2D eigenvalue weighted by Crippen LogP contribution is 2.33. The molecule has 2 fully saturated rings. The Kier molecular flexibility index (Phi) is 5.14. The summed E-state index contributed by atoms with van der Waals surface area (Å²) in [4.78, 5) is 17.3. The number of carbonyl (C=O) groups excluding carboxylic acids is 1. The SMILES string of the molecule is CN(Cc1ccccc1N1CCCC1)C(=O)C1CCCCC1(C)N. The molecule has 1 amide bonds. The highest BCUT2D eigenvalue weighted by atomic mass is 16.2. The number of anilines is 1. The van der Waals surface area contributed by atoms with Gasteiger partial charge in [-0.25, -0.2) is 0 Å². The number of hydrogen-bond acceptors (Lipinski definition) is 3. The Bertz CT molecular complexity index is 578. The van der Waals surface area contributed by atoms with E-state index in [0.717, 1.165) is 38.8 Å². The van der Waals surface area contributed by atoms with Crippen LogP contribution in [0.3, 0.4) is 0 Å². The third-order valence-electron chi connectivity index (χ3n) is 5.77. The molecule has 0 radical (unpaired) electrons. The molecule has 0 bridgehead atoms. The van der Waals surface area contributed by atoms with Gasteiger partial charge in [-0.15, -0.1) is 0 Å². The fraction of sp³-hybridized carbons (Fsp3) is 0.650.